The molecule has 0 atom stereocenters. The molecule has 4 aromatic rings. The van der Waals surface area contributed by atoms with Gasteiger partial charge in [0, 0.05) is 10.8 Å². The number of ether oxygens (including phenoxy) is 1. The highest BCUT2D eigenvalue weighted by Crippen LogP contribution is 2.31. The Balaban J connectivity index is 1.92. The number of anilines is 1. The van der Waals surface area contributed by atoms with Crippen molar-refractivity contribution in [1.29, 1.82) is 0 Å². The van der Waals surface area contributed by atoms with Gasteiger partial charge in [-0.25, -0.2) is 13.6 Å². The number of thiophene rings is 1. The molecule has 10 heteroatoms. The van der Waals surface area contributed by atoms with E-state index in [1.807, 2.05) is 0 Å². The van der Waals surface area contributed by atoms with Crippen LogP contribution in [0.1, 0.15) is 27.8 Å². The number of benzene rings is 2. The number of para-hydroxylation sites is 1. The van der Waals surface area contributed by atoms with Crippen LogP contribution in [-0.2, 0) is 4.74 Å². The standard InChI is InChI=1S/C22H15F2N3O4S/c1-2-31-22(30)18-13-11-32-20(25-19(28)12-7-3-4-8-14(12)23)17(13)21(29)27(26-18)16-10-6-5-9-15(16)24/h3-11H,2H2,1H3,(H,25,28). The molecular weight excluding hydrogens is 440 g/mol. The van der Waals surface area contributed by atoms with E-state index in [1.54, 1.807) is 6.92 Å². The molecular formula is C22H15F2N3O4S. The van der Waals surface area contributed by atoms with Crippen LogP contribution in [-0.4, -0.2) is 28.3 Å². The van der Waals surface area contributed by atoms with Crippen molar-refractivity contribution in [2.75, 3.05) is 11.9 Å². The Morgan fingerprint density at radius 2 is 1.78 bits per heavy atom. The van der Waals surface area contributed by atoms with Crippen molar-refractivity contribution in [1.82, 2.24) is 9.78 Å². The molecule has 2 aromatic carbocycles. The molecule has 1 amide bonds. The number of nitrogens with one attached hydrogen (secondary N) is 1. The zero-order valence-corrected chi connectivity index (χ0v) is 17.4. The minimum Gasteiger partial charge on any atom is -0.461 e. The Labute approximate surface area is 183 Å². The molecule has 0 aliphatic carbocycles. The average molecular weight is 455 g/mol. The molecule has 32 heavy (non-hydrogen) atoms. The number of hydrogen-bond donors (Lipinski definition) is 1. The van der Waals surface area contributed by atoms with Crippen LogP contribution in [0.2, 0.25) is 0 Å². The number of amides is 1. The predicted octanol–water partition coefficient (Wildman–Crippen LogP) is 4.15. The third kappa shape index (κ3) is 3.76. The van der Waals surface area contributed by atoms with Crippen LogP contribution >= 0.6 is 11.3 Å². The summed E-state index contributed by atoms with van der Waals surface area (Å²) in [6.45, 7) is 1.66. The second-order valence-corrected chi connectivity index (χ2v) is 7.40. The van der Waals surface area contributed by atoms with Crippen molar-refractivity contribution in [3.63, 3.8) is 0 Å². The topological polar surface area (TPSA) is 90.3 Å². The van der Waals surface area contributed by atoms with Crippen LogP contribution in [0, 0.1) is 11.6 Å². The van der Waals surface area contributed by atoms with E-state index < -0.39 is 29.1 Å². The minimum absolute atomic E-state index is 0.0574. The number of carbonyl (C=O) groups is 2. The molecule has 7 nitrogen and oxygen atoms in total. The molecule has 2 aromatic heterocycles. The maximum atomic E-state index is 14.4. The van der Waals surface area contributed by atoms with E-state index >= 15 is 0 Å². The fourth-order valence-electron chi connectivity index (χ4n) is 3.09. The van der Waals surface area contributed by atoms with Gasteiger partial charge in [0.1, 0.15) is 22.3 Å². The van der Waals surface area contributed by atoms with Crippen LogP contribution in [0.5, 0.6) is 0 Å². The second kappa shape index (κ2) is 8.67. The molecule has 0 saturated heterocycles. The fraction of sp³-hybridized carbons (Fsp3) is 0.0909. The van der Waals surface area contributed by atoms with Gasteiger partial charge >= 0.3 is 5.97 Å². The van der Waals surface area contributed by atoms with Gasteiger partial charge in [-0.15, -0.1) is 11.3 Å². The van der Waals surface area contributed by atoms with Crippen molar-refractivity contribution in [3.05, 3.63) is 87.2 Å². The number of carbonyl (C=O) groups excluding carboxylic acids is 2. The van der Waals surface area contributed by atoms with E-state index in [9.17, 15) is 23.2 Å². The fourth-order valence-corrected chi connectivity index (χ4v) is 4.03. The highest BCUT2D eigenvalue weighted by molar-refractivity contribution is 7.16. The van der Waals surface area contributed by atoms with E-state index in [0.29, 0.717) is 0 Å². The van der Waals surface area contributed by atoms with Crippen molar-refractivity contribution >= 4 is 39.0 Å². The van der Waals surface area contributed by atoms with Crippen LogP contribution in [0.25, 0.3) is 16.5 Å². The van der Waals surface area contributed by atoms with Gasteiger partial charge < -0.3 is 10.1 Å². The third-order valence-corrected chi connectivity index (χ3v) is 5.44. The second-order valence-electron chi connectivity index (χ2n) is 6.52. The Morgan fingerprint density at radius 1 is 1.09 bits per heavy atom. The van der Waals surface area contributed by atoms with Crippen molar-refractivity contribution in [2.24, 2.45) is 0 Å². The average Bonchev–Trinajstić information content (AvgIpc) is 3.19. The number of aromatic nitrogens is 2. The molecule has 0 saturated carbocycles. The third-order valence-electron chi connectivity index (χ3n) is 4.55. The number of halogens is 2. The number of rotatable bonds is 5. The smallest absolute Gasteiger partial charge is 0.359 e. The van der Waals surface area contributed by atoms with E-state index in [0.717, 1.165) is 28.2 Å². The summed E-state index contributed by atoms with van der Waals surface area (Å²) in [4.78, 5) is 38.4. The molecule has 4 rings (SSSR count). The Bertz CT molecular complexity index is 1410. The lowest BCUT2D eigenvalue weighted by Gasteiger charge is -2.10. The first-order valence-corrected chi connectivity index (χ1v) is 10.3. The zero-order chi connectivity index (χ0) is 22.8. The summed E-state index contributed by atoms with van der Waals surface area (Å²) in [5, 5.41) is 8.13. The summed E-state index contributed by atoms with van der Waals surface area (Å²) >= 11 is 0.954. The van der Waals surface area contributed by atoms with Gasteiger partial charge in [-0.2, -0.15) is 9.78 Å². The summed E-state index contributed by atoms with van der Waals surface area (Å²) in [5.74, 6) is -3.06. The SMILES string of the molecule is CCOC(=O)c1nn(-c2ccccc2F)c(=O)c2c(NC(=O)c3ccccc3F)scc12. The normalized spacial score (nSPS) is 10.8. The molecule has 2 heterocycles. The maximum absolute atomic E-state index is 14.4. The summed E-state index contributed by atoms with van der Waals surface area (Å²) in [6, 6.07) is 10.8. The van der Waals surface area contributed by atoms with Crippen molar-refractivity contribution in [3.8, 4) is 5.69 Å². The van der Waals surface area contributed by atoms with Crippen LogP contribution < -0.4 is 10.9 Å². The lowest BCUT2D eigenvalue weighted by Crippen LogP contribution is -2.26. The number of nitrogens with zero attached hydrogens (tertiary/aromatic N) is 2. The number of esters is 1. The minimum atomic E-state index is -0.813. The first kappa shape index (κ1) is 21.3. The lowest BCUT2D eigenvalue weighted by atomic mass is 10.2. The van der Waals surface area contributed by atoms with Gasteiger partial charge in [-0.05, 0) is 31.2 Å². The molecule has 1 N–H and O–H groups in total. The van der Waals surface area contributed by atoms with Crippen LogP contribution in [0.4, 0.5) is 13.8 Å². The van der Waals surface area contributed by atoms with E-state index in [2.05, 4.69) is 10.4 Å². The van der Waals surface area contributed by atoms with E-state index in [1.165, 1.54) is 41.8 Å². The summed E-state index contributed by atoms with van der Waals surface area (Å²) in [6.07, 6.45) is 0. The highest BCUT2D eigenvalue weighted by Gasteiger charge is 2.24. The molecule has 0 aliphatic heterocycles. The molecule has 0 fully saturated rings. The summed E-state index contributed by atoms with van der Waals surface area (Å²) in [7, 11) is 0. The van der Waals surface area contributed by atoms with E-state index in [4.69, 9.17) is 4.74 Å². The first-order chi connectivity index (χ1) is 15.4. The molecule has 0 spiro atoms. The monoisotopic (exact) mass is 455 g/mol. The molecule has 0 aliphatic rings. The quantitative estimate of drug-likeness (QED) is 0.457. The largest absolute Gasteiger partial charge is 0.461 e. The Hall–Kier alpha value is -3.92. The van der Waals surface area contributed by atoms with Crippen LogP contribution in [0.15, 0.2) is 58.7 Å². The predicted molar refractivity (Wildman–Crippen MR) is 115 cm³/mol. The van der Waals surface area contributed by atoms with Gasteiger partial charge in [-0.3, -0.25) is 9.59 Å². The van der Waals surface area contributed by atoms with Gasteiger partial charge in [0.25, 0.3) is 11.5 Å². The lowest BCUT2D eigenvalue weighted by molar-refractivity contribution is 0.0519. The van der Waals surface area contributed by atoms with E-state index in [-0.39, 0.29) is 39.3 Å². The zero-order valence-electron chi connectivity index (χ0n) is 16.6. The summed E-state index contributed by atoms with van der Waals surface area (Å²) < 4.78 is 34.2. The summed E-state index contributed by atoms with van der Waals surface area (Å²) in [5.41, 5.74) is -1.37. The molecule has 0 bridgehead atoms. The van der Waals surface area contributed by atoms with Gasteiger partial charge in [0.05, 0.1) is 17.6 Å². The molecule has 0 unspecified atom stereocenters. The van der Waals surface area contributed by atoms with Crippen molar-refractivity contribution < 1.29 is 23.1 Å². The van der Waals surface area contributed by atoms with Gasteiger partial charge in [0.15, 0.2) is 5.69 Å². The van der Waals surface area contributed by atoms with Gasteiger partial charge in [0.2, 0.25) is 0 Å². The maximum Gasteiger partial charge on any atom is 0.359 e. The molecule has 162 valence electrons. The van der Waals surface area contributed by atoms with Crippen molar-refractivity contribution in [2.45, 2.75) is 6.92 Å². The molecule has 0 radical (unpaired) electrons. The van der Waals surface area contributed by atoms with Crippen LogP contribution in [0.3, 0.4) is 0 Å². The van der Waals surface area contributed by atoms with Gasteiger partial charge in [-0.1, -0.05) is 24.3 Å². The highest BCUT2D eigenvalue weighted by atomic mass is 32.1. The number of hydrogen-bond acceptors (Lipinski definition) is 6. The Morgan fingerprint density at radius 3 is 2.47 bits per heavy atom. The first-order valence-electron chi connectivity index (χ1n) is 9.44. The Kier molecular flexibility index (Phi) is 5.78. The number of fused-ring (bicyclic) bond motifs is 1.